The third-order valence-corrected chi connectivity index (χ3v) is 2.14. The predicted molar refractivity (Wildman–Crippen MR) is 45.1 cm³/mol. The zero-order valence-electron chi connectivity index (χ0n) is 7.72. The highest BCUT2D eigenvalue weighted by molar-refractivity contribution is 6.32. The smallest absolute Gasteiger partial charge is 0.402 e. The second-order valence-electron chi connectivity index (χ2n) is 3.26. The molecule has 4 atom stereocenters. The molecule has 0 aromatic carbocycles. The molecule has 1 aliphatic rings. The molecule has 1 saturated heterocycles. The number of aliphatic hydroxyl groups excluding tert-OH is 3. The molecule has 8 nitrogen and oxygen atoms in total. The quantitative estimate of drug-likeness (QED) is 0.264. The van der Waals surface area contributed by atoms with Gasteiger partial charge >= 0.3 is 7.32 Å². The van der Waals surface area contributed by atoms with Crippen molar-refractivity contribution in [1.29, 1.82) is 0 Å². The molecule has 1 aliphatic heterocycles. The fraction of sp³-hybridized carbons (Fsp3) is 1.00. The van der Waals surface area contributed by atoms with Crippen molar-refractivity contribution in [2.45, 2.75) is 24.1 Å². The highest BCUT2D eigenvalue weighted by Gasteiger charge is 2.53. The highest BCUT2D eigenvalue weighted by atomic mass is 16.7. The van der Waals surface area contributed by atoms with Crippen molar-refractivity contribution in [3.05, 3.63) is 0 Å². The second-order valence-corrected chi connectivity index (χ2v) is 3.26. The Kier molecular flexibility index (Phi) is 4.03. The standard InChI is InChI=1S/C6H13BO8/c8-1-3-4(9)5(10)6(11,15-3)2-14-7(12)13/h3-5,8-13H,1-2H2/t3-,4-,5+,6?/m1/s1. The Bertz CT molecular complexity index is 213. The number of ether oxygens (including phenoxy) is 1. The maximum atomic E-state index is 9.59. The molecule has 15 heavy (non-hydrogen) atoms. The van der Waals surface area contributed by atoms with Gasteiger partial charge in [0.05, 0.1) is 13.2 Å². The van der Waals surface area contributed by atoms with Gasteiger partial charge < -0.3 is 39.9 Å². The van der Waals surface area contributed by atoms with Crippen LogP contribution in [0.15, 0.2) is 0 Å². The van der Waals surface area contributed by atoms with Gasteiger partial charge in [-0.1, -0.05) is 0 Å². The van der Waals surface area contributed by atoms with E-state index in [9.17, 15) is 15.3 Å². The van der Waals surface area contributed by atoms with Crippen LogP contribution in [0, 0.1) is 0 Å². The first-order valence-electron chi connectivity index (χ1n) is 4.25. The predicted octanol–water partition coefficient (Wildman–Crippen LogP) is -4.23. The van der Waals surface area contributed by atoms with Crippen LogP contribution in [0.1, 0.15) is 0 Å². The molecular weight excluding hydrogens is 211 g/mol. The summed E-state index contributed by atoms with van der Waals surface area (Å²) in [4.78, 5) is 0. The molecule has 1 unspecified atom stereocenters. The fourth-order valence-electron chi connectivity index (χ4n) is 1.33. The van der Waals surface area contributed by atoms with Gasteiger partial charge in [0.15, 0.2) is 0 Å². The van der Waals surface area contributed by atoms with Crippen LogP contribution < -0.4 is 0 Å². The zero-order valence-corrected chi connectivity index (χ0v) is 7.72. The first-order chi connectivity index (χ1) is 6.90. The molecular formula is C6H13BO8. The fourth-order valence-corrected chi connectivity index (χ4v) is 1.33. The van der Waals surface area contributed by atoms with E-state index in [1.165, 1.54) is 0 Å². The summed E-state index contributed by atoms with van der Waals surface area (Å²) in [6.45, 7) is -1.35. The van der Waals surface area contributed by atoms with E-state index in [4.69, 9.17) is 19.9 Å². The Morgan fingerprint density at radius 1 is 1.33 bits per heavy atom. The number of hydrogen-bond acceptors (Lipinski definition) is 8. The molecule has 0 amide bonds. The van der Waals surface area contributed by atoms with E-state index in [0.717, 1.165) is 0 Å². The number of aliphatic hydroxyl groups is 4. The minimum atomic E-state index is -2.27. The molecule has 1 rings (SSSR count). The van der Waals surface area contributed by atoms with Crippen LogP contribution in [-0.2, 0) is 9.39 Å². The summed E-state index contributed by atoms with van der Waals surface area (Å²) in [5, 5.41) is 53.7. The topological polar surface area (TPSA) is 140 Å². The molecule has 1 heterocycles. The van der Waals surface area contributed by atoms with Crippen LogP contribution >= 0.6 is 0 Å². The molecule has 9 heteroatoms. The van der Waals surface area contributed by atoms with Crippen molar-refractivity contribution in [3.8, 4) is 0 Å². The van der Waals surface area contributed by atoms with Gasteiger partial charge in [0.25, 0.3) is 0 Å². The normalized spacial score (nSPS) is 40.8. The zero-order chi connectivity index (χ0) is 11.6. The van der Waals surface area contributed by atoms with E-state index < -0.39 is 44.6 Å². The lowest BCUT2D eigenvalue weighted by atomic mass is 10.1. The van der Waals surface area contributed by atoms with Crippen molar-refractivity contribution in [3.63, 3.8) is 0 Å². The van der Waals surface area contributed by atoms with Crippen LogP contribution in [0.2, 0.25) is 0 Å². The third kappa shape index (κ3) is 2.65. The van der Waals surface area contributed by atoms with E-state index in [2.05, 4.69) is 4.65 Å². The molecule has 0 radical (unpaired) electrons. The monoisotopic (exact) mass is 224 g/mol. The van der Waals surface area contributed by atoms with Crippen molar-refractivity contribution >= 4 is 7.32 Å². The van der Waals surface area contributed by atoms with E-state index in [1.54, 1.807) is 0 Å². The van der Waals surface area contributed by atoms with Crippen molar-refractivity contribution in [2.24, 2.45) is 0 Å². The molecule has 0 aromatic heterocycles. The summed E-state index contributed by atoms with van der Waals surface area (Å²) < 4.78 is 8.96. The Morgan fingerprint density at radius 3 is 2.33 bits per heavy atom. The van der Waals surface area contributed by atoms with Gasteiger partial charge in [0, 0.05) is 0 Å². The molecule has 0 bridgehead atoms. The van der Waals surface area contributed by atoms with Crippen molar-refractivity contribution in [2.75, 3.05) is 13.2 Å². The van der Waals surface area contributed by atoms with Crippen molar-refractivity contribution < 1.29 is 39.9 Å². The number of hydrogen-bond donors (Lipinski definition) is 6. The first-order valence-corrected chi connectivity index (χ1v) is 4.25. The number of rotatable bonds is 4. The van der Waals surface area contributed by atoms with Crippen LogP contribution in [0.4, 0.5) is 0 Å². The molecule has 0 saturated carbocycles. The molecule has 0 spiro atoms. The van der Waals surface area contributed by atoms with Gasteiger partial charge in [-0.15, -0.1) is 0 Å². The second kappa shape index (κ2) is 4.72. The van der Waals surface area contributed by atoms with Crippen LogP contribution in [0.3, 0.4) is 0 Å². The van der Waals surface area contributed by atoms with Gasteiger partial charge in [-0.2, -0.15) is 0 Å². The summed E-state index contributed by atoms with van der Waals surface area (Å²) in [6, 6.07) is 0. The average molecular weight is 224 g/mol. The SMILES string of the molecule is OC[C@H]1OC(O)(COB(O)O)[C@@H](O)[C@@H]1O. The van der Waals surface area contributed by atoms with E-state index in [1.807, 2.05) is 0 Å². The highest BCUT2D eigenvalue weighted by Crippen LogP contribution is 2.29. The van der Waals surface area contributed by atoms with E-state index in [0.29, 0.717) is 0 Å². The van der Waals surface area contributed by atoms with Crippen LogP contribution in [0.5, 0.6) is 0 Å². The van der Waals surface area contributed by atoms with Gasteiger partial charge in [0.1, 0.15) is 18.3 Å². The first kappa shape index (κ1) is 12.8. The van der Waals surface area contributed by atoms with E-state index in [-0.39, 0.29) is 0 Å². The lowest BCUT2D eigenvalue weighted by molar-refractivity contribution is -0.247. The molecule has 1 fully saturated rings. The summed E-state index contributed by atoms with van der Waals surface area (Å²) >= 11 is 0. The Balaban J connectivity index is 2.60. The van der Waals surface area contributed by atoms with Gasteiger partial charge in [0.2, 0.25) is 5.79 Å². The van der Waals surface area contributed by atoms with Gasteiger partial charge in [-0.3, -0.25) is 0 Å². The molecule has 0 aromatic rings. The Hall–Kier alpha value is -0.255. The maximum Gasteiger partial charge on any atom is 0.634 e. The molecule has 88 valence electrons. The largest absolute Gasteiger partial charge is 0.634 e. The minimum absolute atomic E-state index is 0.595. The van der Waals surface area contributed by atoms with Crippen LogP contribution in [-0.4, -0.2) is 75.1 Å². The Labute approximate surface area is 85.5 Å². The summed E-state index contributed by atoms with van der Waals surface area (Å²) in [6.07, 6.45) is -4.32. The Morgan fingerprint density at radius 2 is 1.93 bits per heavy atom. The van der Waals surface area contributed by atoms with Gasteiger partial charge in [-0.05, 0) is 0 Å². The maximum absolute atomic E-state index is 9.59. The van der Waals surface area contributed by atoms with E-state index >= 15 is 0 Å². The third-order valence-electron chi connectivity index (χ3n) is 2.14. The lowest BCUT2D eigenvalue weighted by Gasteiger charge is -2.25. The summed E-state index contributed by atoms with van der Waals surface area (Å²) in [5.74, 6) is -2.27. The molecule has 6 N–H and O–H groups in total. The summed E-state index contributed by atoms with van der Waals surface area (Å²) in [5.41, 5.74) is 0. The molecule has 0 aliphatic carbocycles. The lowest BCUT2D eigenvalue weighted by Crippen LogP contribution is -2.48. The average Bonchev–Trinajstić information content (AvgIpc) is 2.41. The van der Waals surface area contributed by atoms with Crippen LogP contribution in [0.25, 0.3) is 0 Å². The minimum Gasteiger partial charge on any atom is -0.402 e. The summed E-state index contributed by atoms with van der Waals surface area (Å²) in [7, 11) is -2.13. The van der Waals surface area contributed by atoms with Crippen molar-refractivity contribution in [1.82, 2.24) is 0 Å². The van der Waals surface area contributed by atoms with Gasteiger partial charge in [-0.25, -0.2) is 0 Å².